The Morgan fingerprint density at radius 1 is 1.20 bits per heavy atom. The molecular weight excluding hydrogens is 381 g/mol. The lowest BCUT2D eigenvalue weighted by atomic mass is 9.97. The maximum absolute atomic E-state index is 12.5. The van der Waals surface area contributed by atoms with Crippen LogP contribution in [0.15, 0.2) is 29.2 Å². The molecule has 1 aliphatic heterocycles. The van der Waals surface area contributed by atoms with E-state index in [1.54, 1.807) is 20.8 Å². The van der Waals surface area contributed by atoms with Gasteiger partial charge in [-0.1, -0.05) is 0 Å². The molecule has 25 heavy (non-hydrogen) atoms. The molecule has 0 fully saturated rings. The minimum atomic E-state index is -5.75. The molecule has 0 unspecified atom stereocenters. The van der Waals surface area contributed by atoms with Crippen LogP contribution < -0.4 is 4.74 Å². The fraction of sp³-hybridized carbons (Fsp3) is 0.400. The quantitative estimate of drug-likeness (QED) is 0.334. The number of thioether (sulfide) groups is 1. The van der Waals surface area contributed by atoms with Gasteiger partial charge in [0.2, 0.25) is 0 Å². The summed E-state index contributed by atoms with van der Waals surface area (Å²) in [4.78, 5) is 12.3. The van der Waals surface area contributed by atoms with Gasteiger partial charge in [0.25, 0.3) is 0 Å². The molecule has 2 rings (SSSR count). The first kappa shape index (κ1) is 19.6. The average Bonchev–Trinajstić information content (AvgIpc) is 2.44. The van der Waals surface area contributed by atoms with E-state index in [4.69, 9.17) is 4.74 Å². The average molecular weight is 396 g/mol. The summed E-state index contributed by atoms with van der Waals surface area (Å²) in [6.45, 7) is 5.04. The first-order valence-electron chi connectivity index (χ1n) is 7.02. The predicted molar refractivity (Wildman–Crippen MR) is 86.3 cm³/mol. The number of carbonyl (C=O) groups is 1. The molecule has 1 aromatic rings. The van der Waals surface area contributed by atoms with E-state index in [0.717, 1.165) is 0 Å². The third kappa shape index (κ3) is 4.49. The first-order valence-corrected chi connectivity index (χ1v) is 9.41. The SMILES string of the molecule is CC(C)(C)C(=O)Oc1ccc2c(c1)SCC=C2OS(=O)(=O)C(F)(F)F. The Morgan fingerprint density at radius 3 is 2.40 bits per heavy atom. The van der Waals surface area contributed by atoms with Crippen LogP contribution in [0.4, 0.5) is 13.2 Å². The molecule has 0 saturated heterocycles. The summed E-state index contributed by atoms with van der Waals surface area (Å²) < 4.78 is 69.3. The van der Waals surface area contributed by atoms with Crippen LogP contribution in [0.2, 0.25) is 0 Å². The van der Waals surface area contributed by atoms with Crippen LogP contribution in [0, 0.1) is 5.41 Å². The third-order valence-corrected chi connectivity index (χ3v) is 4.98. The van der Waals surface area contributed by atoms with E-state index >= 15 is 0 Å². The van der Waals surface area contributed by atoms with Crippen molar-refractivity contribution in [1.82, 2.24) is 0 Å². The minimum absolute atomic E-state index is 0.180. The van der Waals surface area contributed by atoms with Gasteiger partial charge in [-0.3, -0.25) is 4.79 Å². The molecule has 0 aliphatic carbocycles. The van der Waals surface area contributed by atoms with Gasteiger partial charge in [-0.25, -0.2) is 0 Å². The maximum atomic E-state index is 12.5. The van der Waals surface area contributed by atoms with Crippen LogP contribution in [-0.4, -0.2) is 25.6 Å². The molecule has 0 atom stereocenters. The minimum Gasteiger partial charge on any atom is -0.426 e. The Kier molecular flexibility index (Phi) is 5.16. The zero-order valence-electron chi connectivity index (χ0n) is 13.5. The second kappa shape index (κ2) is 6.56. The number of esters is 1. The van der Waals surface area contributed by atoms with Crippen LogP contribution in [0.1, 0.15) is 26.3 Å². The van der Waals surface area contributed by atoms with Gasteiger partial charge in [0.1, 0.15) is 11.5 Å². The Labute approximate surface area is 147 Å². The zero-order chi connectivity index (χ0) is 19.0. The molecule has 0 saturated carbocycles. The smallest absolute Gasteiger partial charge is 0.426 e. The lowest BCUT2D eigenvalue weighted by Crippen LogP contribution is -2.26. The van der Waals surface area contributed by atoms with Crippen LogP contribution in [0.5, 0.6) is 5.75 Å². The van der Waals surface area contributed by atoms with Crippen molar-refractivity contribution in [3.63, 3.8) is 0 Å². The van der Waals surface area contributed by atoms with Gasteiger partial charge < -0.3 is 8.92 Å². The van der Waals surface area contributed by atoms with Crippen LogP contribution in [0.3, 0.4) is 0 Å². The highest BCUT2D eigenvalue weighted by molar-refractivity contribution is 7.99. The Hall–Kier alpha value is -1.68. The lowest BCUT2D eigenvalue weighted by molar-refractivity contribution is -0.143. The van der Waals surface area contributed by atoms with Gasteiger partial charge >= 0.3 is 21.6 Å². The van der Waals surface area contributed by atoms with Gasteiger partial charge in [-0.05, 0) is 45.0 Å². The first-order chi connectivity index (χ1) is 11.3. The van der Waals surface area contributed by atoms with E-state index in [-0.39, 0.29) is 17.1 Å². The van der Waals surface area contributed by atoms with E-state index < -0.39 is 32.8 Å². The topological polar surface area (TPSA) is 69.7 Å². The van der Waals surface area contributed by atoms with E-state index in [1.807, 2.05) is 0 Å². The van der Waals surface area contributed by atoms with Crippen molar-refractivity contribution in [2.45, 2.75) is 31.2 Å². The van der Waals surface area contributed by atoms with Gasteiger partial charge in [0.15, 0.2) is 0 Å². The molecule has 0 N–H and O–H groups in total. The van der Waals surface area contributed by atoms with Gasteiger partial charge in [-0.2, -0.15) is 21.6 Å². The fourth-order valence-electron chi connectivity index (χ4n) is 1.71. The number of hydrogen-bond acceptors (Lipinski definition) is 6. The fourth-order valence-corrected chi connectivity index (χ4v) is 3.14. The molecule has 0 spiro atoms. The maximum Gasteiger partial charge on any atom is 0.534 e. The Balaban J connectivity index is 2.28. The van der Waals surface area contributed by atoms with Crippen LogP contribution in [-0.2, 0) is 19.1 Å². The summed E-state index contributed by atoms with van der Waals surface area (Å²) in [5, 5.41) is 0. The van der Waals surface area contributed by atoms with Crippen molar-refractivity contribution in [3.05, 3.63) is 29.8 Å². The second-order valence-corrected chi connectivity index (χ2v) is 8.76. The van der Waals surface area contributed by atoms with Crippen molar-refractivity contribution in [2.24, 2.45) is 5.41 Å². The van der Waals surface area contributed by atoms with E-state index in [0.29, 0.717) is 4.90 Å². The number of hydrogen-bond donors (Lipinski definition) is 0. The highest BCUT2D eigenvalue weighted by Gasteiger charge is 2.49. The van der Waals surface area contributed by atoms with Crippen molar-refractivity contribution in [2.75, 3.05) is 5.75 Å². The number of fused-ring (bicyclic) bond motifs is 1. The van der Waals surface area contributed by atoms with Crippen molar-refractivity contribution in [1.29, 1.82) is 0 Å². The molecule has 1 aromatic carbocycles. The normalized spacial score (nSPS) is 15.2. The van der Waals surface area contributed by atoms with Crippen molar-refractivity contribution >= 4 is 33.6 Å². The van der Waals surface area contributed by atoms with E-state index in [1.165, 1.54) is 36.0 Å². The van der Waals surface area contributed by atoms with Crippen molar-refractivity contribution < 1.29 is 35.3 Å². The summed E-state index contributed by atoms with van der Waals surface area (Å²) in [5.41, 5.74) is -6.06. The summed E-state index contributed by atoms with van der Waals surface area (Å²) in [7, 11) is -5.75. The lowest BCUT2D eigenvalue weighted by Gasteiger charge is -2.20. The second-order valence-electron chi connectivity index (χ2n) is 6.16. The van der Waals surface area contributed by atoms with E-state index in [9.17, 15) is 26.4 Å². The van der Waals surface area contributed by atoms with Gasteiger partial charge in [0, 0.05) is 16.2 Å². The molecule has 0 bridgehead atoms. The Bertz CT molecular complexity index is 821. The number of ether oxygens (including phenoxy) is 1. The van der Waals surface area contributed by atoms with Crippen LogP contribution >= 0.6 is 11.8 Å². The molecule has 0 aromatic heterocycles. The third-order valence-electron chi connectivity index (χ3n) is 3.03. The monoisotopic (exact) mass is 396 g/mol. The number of alkyl halides is 3. The largest absolute Gasteiger partial charge is 0.534 e. The molecular formula is C15H15F3O5S2. The summed E-state index contributed by atoms with van der Waals surface area (Å²) in [6, 6.07) is 4.18. The summed E-state index contributed by atoms with van der Waals surface area (Å²) in [6.07, 6.45) is 1.25. The highest BCUT2D eigenvalue weighted by Crippen LogP contribution is 2.39. The summed E-state index contributed by atoms with van der Waals surface area (Å²) >= 11 is 1.25. The number of halogens is 3. The van der Waals surface area contributed by atoms with Gasteiger partial charge in [-0.15, -0.1) is 11.8 Å². The predicted octanol–water partition coefficient (Wildman–Crippen LogP) is 3.95. The van der Waals surface area contributed by atoms with Crippen molar-refractivity contribution in [3.8, 4) is 5.75 Å². The molecule has 1 heterocycles. The molecule has 5 nitrogen and oxygen atoms in total. The number of rotatable bonds is 3. The standard InChI is InChI=1S/C15H15F3O5S2/c1-14(2,3)13(19)22-9-4-5-10-11(6-7-24-12(10)8-9)23-25(20,21)15(16,17)18/h4-6,8H,7H2,1-3H3. The number of benzene rings is 1. The zero-order valence-corrected chi connectivity index (χ0v) is 15.1. The highest BCUT2D eigenvalue weighted by atomic mass is 32.2. The molecule has 0 radical (unpaired) electrons. The summed E-state index contributed by atoms with van der Waals surface area (Å²) in [5.74, 6) is -0.447. The molecule has 1 aliphatic rings. The molecule has 0 amide bonds. The molecule has 138 valence electrons. The Morgan fingerprint density at radius 2 is 1.84 bits per heavy atom. The van der Waals surface area contributed by atoms with Gasteiger partial charge in [0.05, 0.1) is 5.41 Å². The number of carbonyl (C=O) groups excluding carboxylic acids is 1. The molecule has 10 heteroatoms. The van der Waals surface area contributed by atoms with Crippen LogP contribution in [0.25, 0.3) is 5.76 Å². The van der Waals surface area contributed by atoms with E-state index in [2.05, 4.69) is 4.18 Å².